The van der Waals surface area contributed by atoms with Crippen LogP contribution in [0.25, 0.3) is 0 Å². The quantitative estimate of drug-likeness (QED) is 0.530. The van der Waals surface area contributed by atoms with Gasteiger partial charge in [-0.05, 0) is 17.9 Å². The first-order chi connectivity index (χ1) is 8.31. The average Bonchev–Trinajstić information content (AvgIpc) is 2.41. The van der Waals surface area contributed by atoms with Crippen LogP contribution in [0.4, 0.5) is 0 Å². The van der Waals surface area contributed by atoms with Gasteiger partial charge in [0.05, 0.1) is 7.11 Å². The maximum absolute atomic E-state index is 5.77. The Morgan fingerprint density at radius 3 is 2.44 bits per heavy atom. The monoisotopic (exact) mass is 359 g/mol. The van der Waals surface area contributed by atoms with E-state index in [4.69, 9.17) is 4.84 Å². The van der Waals surface area contributed by atoms with Crippen LogP contribution < -0.4 is 24.0 Å². The van der Waals surface area contributed by atoms with Crippen molar-refractivity contribution >= 4 is 0 Å². The van der Waals surface area contributed by atoms with Crippen LogP contribution in [0.2, 0.25) is 0 Å². The van der Waals surface area contributed by atoms with Crippen molar-refractivity contribution in [2.75, 3.05) is 26.7 Å². The van der Waals surface area contributed by atoms with E-state index in [1.54, 1.807) is 0 Å². The fourth-order valence-electron chi connectivity index (χ4n) is 3.69. The Hall–Kier alpha value is -0.130. The third-order valence-corrected chi connectivity index (χ3v) is 4.78. The number of hydrogen-bond donors (Lipinski definition) is 0. The third-order valence-electron chi connectivity index (χ3n) is 4.78. The van der Waals surface area contributed by atoms with E-state index in [9.17, 15) is 0 Å². The summed E-state index contributed by atoms with van der Waals surface area (Å²) < 4.78 is 0.911. The van der Waals surface area contributed by atoms with Crippen LogP contribution in [0.15, 0.2) is 30.3 Å². The first kappa shape index (κ1) is 14.3. The van der Waals surface area contributed by atoms with E-state index in [1.807, 2.05) is 7.11 Å². The van der Waals surface area contributed by atoms with E-state index >= 15 is 0 Å². The van der Waals surface area contributed by atoms with Gasteiger partial charge in [-0.1, -0.05) is 30.3 Å². The fourth-order valence-corrected chi connectivity index (χ4v) is 3.69. The Morgan fingerprint density at radius 1 is 1.17 bits per heavy atom. The molecule has 3 aliphatic heterocycles. The first-order valence-corrected chi connectivity index (χ1v) is 6.77. The molecule has 2 nitrogen and oxygen atoms in total. The molecule has 3 heterocycles. The summed E-state index contributed by atoms with van der Waals surface area (Å²) in [6.07, 6.45) is 3.94. The predicted octanol–water partition coefficient (Wildman–Crippen LogP) is -0.349. The van der Waals surface area contributed by atoms with Gasteiger partial charge in [0.25, 0.3) is 0 Å². The fraction of sp³-hybridized carbons (Fsp3) is 0.600. The van der Waals surface area contributed by atoms with Crippen LogP contribution in [0.5, 0.6) is 0 Å². The number of quaternary nitrogens is 1. The molecule has 18 heavy (non-hydrogen) atoms. The Morgan fingerprint density at radius 2 is 1.83 bits per heavy atom. The molecule has 4 rings (SSSR count). The number of nitrogens with zero attached hydrogens (tertiary/aromatic N) is 1. The van der Waals surface area contributed by atoms with E-state index in [2.05, 4.69) is 30.3 Å². The smallest absolute Gasteiger partial charge is 0.112 e. The SMILES string of the molecule is CO[N+]12CCC(CC1)C(Cc1ccccc1)C2.[I-]. The minimum absolute atomic E-state index is 0. The normalized spacial score (nSPS) is 34.1. The molecule has 1 aromatic rings. The van der Waals surface area contributed by atoms with Gasteiger partial charge in [-0.25, -0.2) is 4.84 Å². The van der Waals surface area contributed by atoms with Crippen molar-refractivity contribution in [1.29, 1.82) is 0 Å². The standard InChI is InChI=1S/C15H22NO.HI/c1-17-16-9-7-14(8-10-16)15(12-16)11-13-5-3-2-4-6-13;/h2-6,14-15H,7-12H2,1H3;1H/q+1;/p-1. The summed E-state index contributed by atoms with van der Waals surface area (Å²) in [4.78, 5) is 5.77. The van der Waals surface area contributed by atoms with Crippen molar-refractivity contribution in [2.45, 2.75) is 19.3 Å². The Labute approximate surface area is 127 Å². The molecule has 3 aliphatic rings. The van der Waals surface area contributed by atoms with Crippen LogP contribution in [0.1, 0.15) is 18.4 Å². The molecular weight excluding hydrogens is 337 g/mol. The maximum atomic E-state index is 5.77. The van der Waals surface area contributed by atoms with Crippen LogP contribution in [-0.2, 0) is 11.3 Å². The van der Waals surface area contributed by atoms with E-state index in [-0.39, 0.29) is 24.0 Å². The zero-order valence-electron chi connectivity index (χ0n) is 11.0. The lowest BCUT2D eigenvalue weighted by molar-refractivity contribution is -1.11. The van der Waals surface area contributed by atoms with Crippen molar-refractivity contribution in [3.8, 4) is 0 Å². The van der Waals surface area contributed by atoms with Gasteiger partial charge in [-0.3, -0.25) is 0 Å². The Kier molecular flexibility index (Phi) is 4.67. The maximum Gasteiger partial charge on any atom is 0.112 e. The van der Waals surface area contributed by atoms with E-state index in [0.717, 1.165) is 16.5 Å². The summed E-state index contributed by atoms with van der Waals surface area (Å²) in [5, 5.41) is 0. The highest BCUT2D eigenvalue weighted by molar-refractivity contribution is 5.15. The summed E-state index contributed by atoms with van der Waals surface area (Å²) in [5.74, 6) is 1.75. The Bertz CT molecular complexity index is 373. The lowest BCUT2D eigenvalue weighted by Crippen LogP contribution is -3.00. The van der Waals surface area contributed by atoms with E-state index in [0.29, 0.717) is 0 Å². The van der Waals surface area contributed by atoms with Crippen LogP contribution in [0.3, 0.4) is 0 Å². The van der Waals surface area contributed by atoms with Gasteiger partial charge in [0.15, 0.2) is 0 Å². The number of piperidine rings is 3. The summed E-state index contributed by atoms with van der Waals surface area (Å²) in [7, 11) is 1.88. The summed E-state index contributed by atoms with van der Waals surface area (Å²) in [6.45, 7) is 3.68. The highest BCUT2D eigenvalue weighted by Gasteiger charge is 2.46. The van der Waals surface area contributed by atoms with E-state index < -0.39 is 0 Å². The molecule has 3 fully saturated rings. The summed E-state index contributed by atoms with van der Waals surface area (Å²) in [5.41, 5.74) is 1.49. The van der Waals surface area contributed by atoms with Gasteiger partial charge in [0.1, 0.15) is 19.6 Å². The molecule has 0 amide bonds. The van der Waals surface area contributed by atoms with Crippen molar-refractivity contribution in [2.24, 2.45) is 11.8 Å². The largest absolute Gasteiger partial charge is 1.00 e. The molecule has 3 saturated heterocycles. The molecule has 1 unspecified atom stereocenters. The second-order valence-corrected chi connectivity index (χ2v) is 5.66. The zero-order valence-corrected chi connectivity index (χ0v) is 13.2. The first-order valence-electron chi connectivity index (χ1n) is 6.77. The van der Waals surface area contributed by atoms with Gasteiger partial charge in [-0.2, -0.15) is 4.65 Å². The highest BCUT2D eigenvalue weighted by Crippen LogP contribution is 2.39. The molecular formula is C15H22INO. The van der Waals surface area contributed by atoms with Crippen molar-refractivity contribution < 1.29 is 33.5 Å². The highest BCUT2D eigenvalue weighted by atomic mass is 127. The number of rotatable bonds is 3. The molecule has 0 aliphatic carbocycles. The van der Waals surface area contributed by atoms with Gasteiger partial charge < -0.3 is 24.0 Å². The lowest BCUT2D eigenvalue weighted by Gasteiger charge is -2.49. The molecule has 0 spiro atoms. The molecule has 0 radical (unpaired) electrons. The molecule has 100 valence electrons. The van der Waals surface area contributed by atoms with Crippen molar-refractivity contribution in [3.63, 3.8) is 0 Å². The topological polar surface area (TPSA) is 9.23 Å². The predicted molar refractivity (Wildman–Crippen MR) is 68.2 cm³/mol. The van der Waals surface area contributed by atoms with Crippen LogP contribution >= 0.6 is 0 Å². The number of hydroxylamine groups is 3. The van der Waals surface area contributed by atoms with Gasteiger partial charge in [0, 0.05) is 18.8 Å². The van der Waals surface area contributed by atoms with Crippen LogP contribution in [-0.4, -0.2) is 31.4 Å². The second-order valence-electron chi connectivity index (χ2n) is 5.66. The van der Waals surface area contributed by atoms with Gasteiger partial charge >= 0.3 is 0 Å². The van der Waals surface area contributed by atoms with Gasteiger partial charge in [-0.15, -0.1) is 0 Å². The minimum Gasteiger partial charge on any atom is -1.00 e. The second kappa shape index (κ2) is 5.88. The number of benzene rings is 1. The third kappa shape index (κ3) is 2.73. The molecule has 0 N–H and O–H groups in total. The average molecular weight is 359 g/mol. The van der Waals surface area contributed by atoms with Crippen LogP contribution in [0, 0.1) is 11.8 Å². The zero-order chi connectivity index (χ0) is 11.7. The number of fused-ring (bicyclic) bond motifs is 3. The minimum atomic E-state index is 0. The van der Waals surface area contributed by atoms with Crippen molar-refractivity contribution in [1.82, 2.24) is 0 Å². The van der Waals surface area contributed by atoms with Gasteiger partial charge in [0.2, 0.25) is 0 Å². The molecule has 1 atom stereocenters. The number of hydrogen-bond acceptors (Lipinski definition) is 1. The molecule has 0 aromatic heterocycles. The number of halogens is 1. The molecule has 0 saturated carbocycles. The molecule has 2 bridgehead atoms. The van der Waals surface area contributed by atoms with E-state index in [1.165, 1.54) is 44.5 Å². The summed E-state index contributed by atoms with van der Waals surface area (Å²) >= 11 is 0. The molecule has 3 heteroatoms. The summed E-state index contributed by atoms with van der Waals surface area (Å²) in [6, 6.07) is 10.9. The van der Waals surface area contributed by atoms with Crippen molar-refractivity contribution in [3.05, 3.63) is 35.9 Å². The lowest BCUT2D eigenvalue weighted by atomic mass is 9.76. The Balaban J connectivity index is 0.00000120. The molecule has 1 aromatic carbocycles.